The molecule has 0 radical (unpaired) electrons. The van der Waals surface area contributed by atoms with Gasteiger partial charge in [0.05, 0.1) is 6.10 Å². The van der Waals surface area contributed by atoms with E-state index in [1.165, 1.54) is 6.20 Å². The van der Waals surface area contributed by atoms with Crippen molar-refractivity contribution in [3.8, 4) is 0 Å². The maximum Gasteiger partial charge on any atom is 0.354 e. The van der Waals surface area contributed by atoms with Crippen LogP contribution in [-0.2, 0) is 11.3 Å². The van der Waals surface area contributed by atoms with E-state index in [-0.39, 0.29) is 11.8 Å². The molecule has 1 atom stereocenters. The molecule has 2 rings (SSSR count). The van der Waals surface area contributed by atoms with E-state index in [4.69, 9.17) is 9.84 Å². The molecule has 0 bridgehead atoms. The van der Waals surface area contributed by atoms with Crippen molar-refractivity contribution >= 4 is 5.97 Å². The Morgan fingerprint density at radius 1 is 1.63 bits per heavy atom. The van der Waals surface area contributed by atoms with Gasteiger partial charge < -0.3 is 9.84 Å². The zero-order chi connectivity index (χ0) is 13.7. The number of rotatable bonds is 6. The van der Waals surface area contributed by atoms with Crippen molar-refractivity contribution in [2.24, 2.45) is 0 Å². The van der Waals surface area contributed by atoms with Crippen LogP contribution in [0.15, 0.2) is 18.3 Å². The van der Waals surface area contributed by atoms with Crippen molar-refractivity contribution < 1.29 is 14.6 Å². The SMILES string of the molecule is CCN(Cc1cccnc1C(=O)O)CC1CCCO1. The molecule has 2 heterocycles. The maximum absolute atomic E-state index is 11.1. The highest BCUT2D eigenvalue weighted by molar-refractivity contribution is 5.86. The Hall–Kier alpha value is -1.46. The summed E-state index contributed by atoms with van der Waals surface area (Å²) in [6.45, 7) is 5.24. The third-order valence-electron chi connectivity index (χ3n) is 3.42. The van der Waals surface area contributed by atoms with Gasteiger partial charge in [-0.15, -0.1) is 0 Å². The second-order valence-corrected chi connectivity index (χ2v) is 4.78. The monoisotopic (exact) mass is 264 g/mol. The van der Waals surface area contributed by atoms with Crippen LogP contribution in [0.3, 0.4) is 0 Å². The fourth-order valence-corrected chi connectivity index (χ4v) is 2.38. The Morgan fingerprint density at radius 3 is 3.11 bits per heavy atom. The van der Waals surface area contributed by atoms with Crippen molar-refractivity contribution in [3.05, 3.63) is 29.6 Å². The first-order valence-corrected chi connectivity index (χ1v) is 6.72. The van der Waals surface area contributed by atoms with E-state index in [0.29, 0.717) is 6.54 Å². The van der Waals surface area contributed by atoms with E-state index in [1.54, 1.807) is 6.07 Å². The summed E-state index contributed by atoms with van der Waals surface area (Å²) < 4.78 is 5.63. The Morgan fingerprint density at radius 2 is 2.47 bits per heavy atom. The maximum atomic E-state index is 11.1. The largest absolute Gasteiger partial charge is 0.477 e. The van der Waals surface area contributed by atoms with Crippen LogP contribution in [0.4, 0.5) is 0 Å². The first-order valence-electron chi connectivity index (χ1n) is 6.72. The molecule has 0 amide bonds. The molecule has 1 aromatic rings. The molecule has 5 heteroatoms. The number of pyridine rings is 1. The zero-order valence-corrected chi connectivity index (χ0v) is 11.2. The fourth-order valence-electron chi connectivity index (χ4n) is 2.38. The van der Waals surface area contributed by atoms with Gasteiger partial charge in [-0.1, -0.05) is 13.0 Å². The summed E-state index contributed by atoms with van der Waals surface area (Å²) in [5.74, 6) is -0.969. The Labute approximate surface area is 113 Å². The second kappa shape index (κ2) is 6.63. The second-order valence-electron chi connectivity index (χ2n) is 4.78. The summed E-state index contributed by atoms with van der Waals surface area (Å²) in [6, 6.07) is 3.61. The number of carbonyl (C=O) groups is 1. The standard InChI is InChI=1S/C14H20N2O3/c1-2-16(10-12-6-4-8-19-12)9-11-5-3-7-15-13(11)14(17)18/h3,5,7,12H,2,4,6,8-10H2,1H3,(H,17,18). The molecular formula is C14H20N2O3. The van der Waals surface area contributed by atoms with Gasteiger partial charge in [0, 0.05) is 25.9 Å². The Bertz CT molecular complexity index is 430. The van der Waals surface area contributed by atoms with Crippen LogP contribution < -0.4 is 0 Å². The first kappa shape index (κ1) is 14.0. The molecule has 1 fully saturated rings. The van der Waals surface area contributed by atoms with Crippen LogP contribution in [-0.4, -0.2) is 46.8 Å². The van der Waals surface area contributed by atoms with Crippen LogP contribution in [0.5, 0.6) is 0 Å². The molecule has 0 aliphatic carbocycles. The average molecular weight is 264 g/mol. The normalized spacial score (nSPS) is 18.9. The minimum atomic E-state index is -0.969. The van der Waals surface area contributed by atoms with E-state index in [2.05, 4.69) is 16.8 Å². The number of carboxylic acid groups (broad SMARTS) is 1. The number of hydrogen-bond donors (Lipinski definition) is 1. The number of ether oxygens (including phenoxy) is 1. The number of nitrogens with zero attached hydrogens (tertiary/aromatic N) is 2. The van der Waals surface area contributed by atoms with E-state index in [1.807, 2.05) is 6.07 Å². The van der Waals surface area contributed by atoms with Gasteiger partial charge in [0.2, 0.25) is 0 Å². The van der Waals surface area contributed by atoms with Crippen molar-refractivity contribution in [1.29, 1.82) is 0 Å². The van der Waals surface area contributed by atoms with Crippen molar-refractivity contribution in [2.75, 3.05) is 19.7 Å². The Kier molecular flexibility index (Phi) is 4.87. The van der Waals surface area contributed by atoms with Crippen molar-refractivity contribution in [3.63, 3.8) is 0 Å². The van der Waals surface area contributed by atoms with Crippen LogP contribution in [0.25, 0.3) is 0 Å². The van der Waals surface area contributed by atoms with Gasteiger partial charge in [0.1, 0.15) is 0 Å². The highest BCUT2D eigenvalue weighted by atomic mass is 16.5. The van der Waals surface area contributed by atoms with Crippen molar-refractivity contribution in [1.82, 2.24) is 9.88 Å². The molecule has 0 saturated carbocycles. The summed E-state index contributed by atoms with van der Waals surface area (Å²) >= 11 is 0. The predicted octanol–water partition coefficient (Wildman–Crippen LogP) is 1.78. The van der Waals surface area contributed by atoms with E-state index in [9.17, 15) is 4.79 Å². The number of carboxylic acids is 1. The molecule has 19 heavy (non-hydrogen) atoms. The number of hydrogen-bond acceptors (Lipinski definition) is 4. The molecule has 5 nitrogen and oxygen atoms in total. The van der Waals surface area contributed by atoms with E-state index < -0.39 is 5.97 Å². The van der Waals surface area contributed by atoms with Gasteiger partial charge in [-0.3, -0.25) is 4.90 Å². The molecular weight excluding hydrogens is 244 g/mol. The molecule has 0 aromatic carbocycles. The quantitative estimate of drug-likeness (QED) is 0.848. The van der Waals surface area contributed by atoms with Crippen LogP contribution in [0, 0.1) is 0 Å². The molecule has 1 saturated heterocycles. The number of aromatic carboxylic acids is 1. The highest BCUT2D eigenvalue weighted by Crippen LogP contribution is 2.15. The molecule has 1 N–H and O–H groups in total. The van der Waals surface area contributed by atoms with Gasteiger partial charge in [-0.2, -0.15) is 0 Å². The van der Waals surface area contributed by atoms with Crippen LogP contribution in [0.2, 0.25) is 0 Å². The molecule has 1 aliphatic heterocycles. The topological polar surface area (TPSA) is 62.7 Å². The average Bonchev–Trinajstić information content (AvgIpc) is 2.91. The van der Waals surface area contributed by atoms with Gasteiger partial charge in [0.25, 0.3) is 0 Å². The summed E-state index contributed by atoms with van der Waals surface area (Å²) in [6.07, 6.45) is 4.01. The number of aromatic nitrogens is 1. The summed E-state index contributed by atoms with van der Waals surface area (Å²) in [5.41, 5.74) is 0.906. The zero-order valence-electron chi connectivity index (χ0n) is 11.2. The molecule has 1 aliphatic rings. The predicted molar refractivity (Wildman–Crippen MR) is 71.1 cm³/mol. The highest BCUT2D eigenvalue weighted by Gasteiger charge is 2.20. The lowest BCUT2D eigenvalue weighted by Gasteiger charge is -2.24. The van der Waals surface area contributed by atoms with E-state index >= 15 is 0 Å². The summed E-state index contributed by atoms with van der Waals surface area (Å²) in [7, 11) is 0. The number of likely N-dealkylation sites (N-methyl/N-ethyl adjacent to an activating group) is 1. The van der Waals surface area contributed by atoms with Gasteiger partial charge in [-0.05, 0) is 31.0 Å². The molecule has 0 spiro atoms. The summed E-state index contributed by atoms with van der Waals surface area (Å²) in [4.78, 5) is 17.3. The molecule has 1 aromatic heterocycles. The molecule has 1 unspecified atom stereocenters. The third kappa shape index (κ3) is 3.75. The van der Waals surface area contributed by atoms with Crippen LogP contribution in [0.1, 0.15) is 35.8 Å². The van der Waals surface area contributed by atoms with Gasteiger partial charge >= 0.3 is 5.97 Å². The minimum Gasteiger partial charge on any atom is -0.477 e. The lowest BCUT2D eigenvalue weighted by Crippen LogP contribution is -2.32. The third-order valence-corrected chi connectivity index (χ3v) is 3.42. The van der Waals surface area contributed by atoms with Gasteiger partial charge in [0.15, 0.2) is 5.69 Å². The lowest BCUT2D eigenvalue weighted by molar-refractivity contribution is 0.0676. The molecule has 104 valence electrons. The smallest absolute Gasteiger partial charge is 0.354 e. The van der Waals surface area contributed by atoms with Crippen molar-refractivity contribution in [2.45, 2.75) is 32.4 Å². The first-order chi connectivity index (χ1) is 9.20. The summed E-state index contributed by atoms with van der Waals surface area (Å²) in [5, 5.41) is 9.13. The van der Waals surface area contributed by atoms with Crippen LogP contribution >= 0.6 is 0 Å². The van der Waals surface area contributed by atoms with E-state index in [0.717, 1.165) is 38.1 Å². The fraction of sp³-hybridized carbons (Fsp3) is 0.571. The Balaban J connectivity index is 2.03. The van der Waals surface area contributed by atoms with Gasteiger partial charge in [-0.25, -0.2) is 9.78 Å². The minimum absolute atomic E-state index is 0.147. The lowest BCUT2D eigenvalue weighted by atomic mass is 10.1.